The summed E-state index contributed by atoms with van der Waals surface area (Å²) >= 11 is 0. The molecule has 0 fully saturated rings. The number of carbonyl (C=O) groups is 1. The van der Waals surface area contributed by atoms with Crippen molar-refractivity contribution in [2.24, 2.45) is 0 Å². The zero-order valence-corrected chi connectivity index (χ0v) is 9.55. The minimum Gasteiger partial charge on any atom is -0.477 e. The third-order valence-corrected chi connectivity index (χ3v) is 3.47. The highest BCUT2D eigenvalue weighted by Crippen LogP contribution is 2.41. The van der Waals surface area contributed by atoms with Gasteiger partial charge in [0, 0.05) is 17.1 Å². The smallest absolute Gasteiger partial charge is 0.341 e. The minimum absolute atomic E-state index is 0.263. The fourth-order valence-electron chi connectivity index (χ4n) is 2.54. The molecule has 0 bridgehead atoms. The Bertz CT molecular complexity index is 735. The fourth-order valence-corrected chi connectivity index (χ4v) is 2.54. The van der Waals surface area contributed by atoms with E-state index in [1.807, 2.05) is 0 Å². The minimum atomic E-state index is -1.29. The number of hydrogen-bond acceptors (Lipinski definition) is 2. The molecule has 0 saturated heterocycles. The Labute approximate surface area is 101 Å². The number of halogens is 1. The van der Waals surface area contributed by atoms with Crippen LogP contribution in [0.3, 0.4) is 0 Å². The van der Waals surface area contributed by atoms with Gasteiger partial charge in [-0.05, 0) is 13.0 Å². The van der Waals surface area contributed by atoms with Crippen LogP contribution in [0, 0.1) is 0 Å². The van der Waals surface area contributed by atoms with E-state index in [0.717, 1.165) is 0 Å². The van der Waals surface area contributed by atoms with Gasteiger partial charge in [0.15, 0.2) is 0 Å². The van der Waals surface area contributed by atoms with Gasteiger partial charge in [-0.1, -0.05) is 12.1 Å². The Morgan fingerprint density at radius 2 is 2.17 bits per heavy atom. The summed E-state index contributed by atoms with van der Waals surface area (Å²) in [4.78, 5) is 23.0. The van der Waals surface area contributed by atoms with Crippen molar-refractivity contribution in [1.29, 1.82) is 0 Å². The van der Waals surface area contributed by atoms with E-state index in [1.54, 1.807) is 23.6 Å². The molecule has 4 nitrogen and oxygen atoms in total. The van der Waals surface area contributed by atoms with E-state index >= 15 is 0 Å². The SMILES string of the molecule is CC1C(F)c2cccc3c(=O)c(C(=O)O)cn1c23. The van der Waals surface area contributed by atoms with Gasteiger partial charge >= 0.3 is 5.97 Å². The number of aromatic nitrogens is 1. The molecular formula is C13H10FNO3. The summed E-state index contributed by atoms with van der Waals surface area (Å²) in [6.07, 6.45) is 0.0259. The molecule has 18 heavy (non-hydrogen) atoms. The van der Waals surface area contributed by atoms with Gasteiger partial charge < -0.3 is 9.67 Å². The predicted molar refractivity (Wildman–Crippen MR) is 63.7 cm³/mol. The average molecular weight is 247 g/mol. The van der Waals surface area contributed by atoms with Crippen LogP contribution in [0.25, 0.3) is 10.9 Å². The van der Waals surface area contributed by atoms with Crippen LogP contribution in [-0.4, -0.2) is 15.6 Å². The summed E-state index contributed by atoms with van der Waals surface area (Å²) < 4.78 is 15.6. The Hall–Kier alpha value is -2.17. The van der Waals surface area contributed by atoms with Gasteiger partial charge in [-0.2, -0.15) is 0 Å². The van der Waals surface area contributed by atoms with Crippen molar-refractivity contribution in [3.8, 4) is 0 Å². The van der Waals surface area contributed by atoms with Gasteiger partial charge in [0.2, 0.25) is 5.43 Å². The van der Waals surface area contributed by atoms with Gasteiger partial charge in [-0.25, -0.2) is 9.18 Å². The summed E-state index contributed by atoms with van der Waals surface area (Å²) in [7, 11) is 0. The summed E-state index contributed by atoms with van der Waals surface area (Å²) in [5.41, 5.74) is 0.0824. The molecular weight excluding hydrogens is 237 g/mol. The van der Waals surface area contributed by atoms with E-state index in [9.17, 15) is 14.0 Å². The number of alkyl halides is 1. The summed E-state index contributed by atoms with van der Waals surface area (Å²) in [5.74, 6) is -1.29. The van der Waals surface area contributed by atoms with Gasteiger partial charge in [0.1, 0.15) is 11.7 Å². The van der Waals surface area contributed by atoms with Crippen LogP contribution in [0.15, 0.2) is 29.2 Å². The van der Waals surface area contributed by atoms with Gasteiger partial charge in [0.25, 0.3) is 0 Å². The van der Waals surface area contributed by atoms with E-state index in [2.05, 4.69) is 0 Å². The number of nitrogens with zero attached hydrogens (tertiary/aromatic N) is 1. The molecule has 5 heteroatoms. The number of benzene rings is 1. The van der Waals surface area contributed by atoms with Gasteiger partial charge in [-0.3, -0.25) is 4.79 Å². The lowest BCUT2D eigenvalue weighted by molar-refractivity contribution is 0.0694. The molecule has 2 heterocycles. The van der Waals surface area contributed by atoms with Crippen LogP contribution >= 0.6 is 0 Å². The molecule has 2 atom stereocenters. The first-order valence-electron chi connectivity index (χ1n) is 5.57. The number of carboxylic acid groups (broad SMARTS) is 1. The number of pyridine rings is 1. The largest absolute Gasteiger partial charge is 0.477 e. The van der Waals surface area contributed by atoms with Crippen molar-refractivity contribution >= 4 is 16.9 Å². The Morgan fingerprint density at radius 3 is 2.83 bits per heavy atom. The third kappa shape index (κ3) is 1.19. The van der Waals surface area contributed by atoms with Crippen molar-refractivity contribution in [3.63, 3.8) is 0 Å². The third-order valence-electron chi connectivity index (χ3n) is 3.47. The summed E-state index contributed by atoms with van der Waals surface area (Å²) in [6.45, 7) is 1.67. The highest BCUT2D eigenvalue weighted by atomic mass is 19.1. The van der Waals surface area contributed by atoms with Crippen molar-refractivity contribution < 1.29 is 14.3 Å². The molecule has 1 aromatic carbocycles. The topological polar surface area (TPSA) is 59.3 Å². The van der Waals surface area contributed by atoms with E-state index < -0.39 is 23.6 Å². The first-order valence-corrected chi connectivity index (χ1v) is 5.57. The summed E-state index contributed by atoms with van der Waals surface area (Å²) in [6, 6.07) is 4.25. The second kappa shape index (κ2) is 3.41. The lowest BCUT2D eigenvalue weighted by Gasteiger charge is -2.12. The van der Waals surface area contributed by atoms with Crippen LogP contribution in [0.1, 0.15) is 35.1 Å². The van der Waals surface area contributed by atoms with Crippen molar-refractivity contribution in [2.75, 3.05) is 0 Å². The molecule has 0 aliphatic carbocycles. The first kappa shape index (κ1) is 11.0. The number of hydrogen-bond donors (Lipinski definition) is 1. The quantitative estimate of drug-likeness (QED) is 0.841. The van der Waals surface area contributed by atoms with Crippen LogP contribution in [0.2, 0.25) is 0 Å². The molecule has 1 aromatic heterocycles. The first-order chi connectivity index (χ1) is 8.52. The van der Waals surface area contributed by atoms with Gasteiger partial charge in [0.05, 0.1) is 11.6 Å². The lowest BCUT2D eigenvalue weighted by Crippen LogP contribution is -2.18. The zero-order chi connectivity index (χ0) is 13.0. The second-order valence-electron chi connectivity index (χ2n) is 4.47. The highest BCUT2D eigenvalue weighted by Gasteiger charge is 2.32. The van der Waals surface area contributed by atoms with Crippen LogP contribution < -0.4 is 5.43 Å². The van der Waals surface area contributed by atoms with E-state index in [0.29, 0.717) is 11.1 Å². The maximum Gasteiger partial charge on any atom is 0.341 e. The molecule has 1 N–H and O–H groups in total. The van der Waals surface area contributed by atoms with Crippen molar-refractivity contribution in [3.05, 3.63) is 45.7 Å². The van der Waals surface area contributed by atoms with Crippen molar-refractivity contribution in [1.82, 2.24) is 4.57 Å². The maximum absolute atomic E-state index is 14.1. The zero-order valence-electron chi connectivity index (χ0n) is 9.55. The molecule has 3 rings (SSSR count). The number of para-hydroxylation sites is 1. The van der Waals surface area contributed by atoms with Gasteiger partial charge in [-0.15, -0.1) is 0 Å². The predicted octanol–water partition coefficient (Wildman–Crippen LogP) is 2.28. The summed E-state index contributed by atoms with van der Waals surface area (Å²) in [5, 5.41) is 9.27. The van der Waals surface area contributed by atoms with Crippen LogP contribution in [-0.2, 0) is 0 Å². The van der Waals surface area contributed by atoms with E-state index in [1.165, 1.54) is 12.3 Å². The normalized spacial score (nSPS) is 21.4. The molecule has 2 aromatic rings. The molecule has 1 aliphatic heterocycles. The monoisotopic (exact) mass is 247 g/mol. The highest BCUT2D eigenvalue weighted by molar-refractivity contribution is 5.94. The Morgan fingerprint density at radius 1 is 1.44 bits per heavy atom. The maximum atomic E-state index is 14.1. The molecule has 92 valence electrons. The van der Waals surface area contributed by atoms with E-state index in [4.69, 9.17) is 5.11 Å². The number of rotatable bonds is 1. The van der Waals surface area contributed by atoms with Crippen molar-refractivity contribution in [2.45, 2.75) is 19.1 Å². The Balaban J connectivity index is 2.52. The van der Waals surface area contributed by atoms with E-state index in [-0.39, 0.29) is 10.9 Å². The average Bonchev–Trinajstić information content (AvgIpc) is 2.59. The molecule has 0 spiro atoms. The fraction of sp³-hybridized carbons (Fsp3) is 0.231. The standard InChI is InChI=1S/C13H10FNO3/c1-6-10(14)7-3-2-4-8-11(7)15(6)5-9(12(8)16)13(17)18/h2-6,10H,1H3,(H,17,18). The number of aromatic carboxylic acids is 1. The lowest BCUT2D eigenvalue weighted by atomic mass is 10.1. The number of carboxylic acids is 1. The van der Waals surface area contributed by atoms with Crippen LogP contribution in [0.5, 0.6) is 0 Å². The Kier molecular flexibility index (Phi) is 2.08. The van der Waals surface area contributed by atoms with Crippen LogP contribution in [0.4, 0.5) is 4.39 Å². The second-order valence-corrected chi connectivity index (χ2v) is 4.47. The molecule has 2 unspecified atom stereocenters. The molecule has 1 aliphatic rings. The molecule has 0 amide bonds. The molecule has 0 saturated carbocycles. The molecule has 0 radical (unpaired) electrons.